The number of fused-ring (bicyclic) bond motifs is 1. The Morgan fingerprint density at radius 1 is 1.09 bits per heavy atom. The Morgan fingerprint density at radius 2 is 1.84 bits per heavy atom. The zero-order valence-corrected chi connectivity index (χ0v) is 18.4. The molecule has 10 heteroatoms. The molecule has 3 rings (SSSR count). The zero-order chi connectivity index (χ0) is 23.1. The first kappa shape index (κ1) is 23.2. The van der Waals surface area contributed by atoms with E-state index in [2.05, 4.69) is 20.8 Å². The summed E-state index contributed by atoms with van der Waals surface area (Å²) in [4.78, 5) is 24.0. The van der Waals surface area contributed by atoms with Gasteiger partial charge in [-0.3, -0.25) is 9.20 Å². The molecule has 32 heavy (non-hydrogen) atoms. The highest BCUT2D eigenvalue weighted by molar-refractivity contribution is 5.85. The van der Waals surface area contributed by atoms with Crippen LogP contribution in [0.25, 0.3) is 5.65 Å². The van der Waals surface area contributed by atoms with E-state index in [4.69, 9.17) is 15.2 Å². The summed E-state index contributed by atoms with van der Waals surface area (Å²) in [5, 5.41) is 13.8. The third-order valence-corrected chi connectivity index (χ3v) is 4.66. The smallest absolute Gasteiger partial charge is 0.407 e. The number of benzene rings is 1. The highest BCUT2D eigenvalue weighted by Gasteiger charge is 2.28. The second-order valence-electron chi connectivity index (χ2n) is 7.90. The minimum atomic E-state index is -1.08. The van der Waals surface area contributed by atoms with Gasteiger partial charge in [-0.15, -0.1) is 10.2 Å². The van der Waals surface area contributed by atoms with Gasteiger partial charge in [0, 0.05) is 18.8 Å². The van der Waals surface area contributed by atoms with Crippen LogP contribution in [0.2, 0.25) is 0 Å². The van der Waals surface area contributed by atoms with Crippen molar-refractivity contribution < 1.29 is 19.1 Å². The number of nitrogens with one attached hydrogen (secondary N) is 2. The van der Waals surface area contributed by atoms with Gasteiger partial charge in [0.25, 0.3) is 0 Å². The van der Waals surface area contributed by atoms with Crippen molar-refractivity contribution in [2.45, 2.75) is 38.6 Å². The second kappa shape index (κ2) is 10.2. The second-order valence-corrected chi connectivity index (χ2v) is 7.90. The van der Waals surface area contributed by atoms with Crippen LogP contribution in [0.5, 0.6) is 0 Å². The molecule has 0 saturated heterocycles. The van der Waals surface area contributed by atoms with Crippen LogP contribution in [0.3, 0.4) is 0 Å². The molecule has 2 heterocycles. The van der Waals surface area contributed by atoms with Gasteiger partial charge in [0.05, 0.1) is 18.8 Å². The SMILES string of the molecule is CNC(=O)OCc1ccc2nnc(C(COCc3ccccc3)NC(=O)C(C)(C)N)n2c1. The van der Waals surface area contributed by atoms with Crippen LogP contribution in [0.15, 0.2) is 48.7 Å². The van der Waals surface area contributed by atoms with E-state index in [9.17, 15) is 9.59 Å². The highest BCUT2D eigenvalue weighted by Crippen LogP contribution is 2.17. The van der Waals surface area contributed by atoms with Crippen LogP contribution in [-0.4, -0.2) is 45.8 Å². The third kappa shape index (κ3) is 6.02. The number of amides is 2. The molecule has 1 atom stereocenters. The van der Waals surface area contributed by atoms with E-state index in [1.807, 2.05) is 30.3 Å². The molecule has 2 amide bonds. The van der Waals surface area contributed by atoms with Gasteiger partial charge in [-0.25, -0.2) is 4.79 Å². The number of nitrogens with zero attached hydrogens (tertiary/aromatic N) is 3. The molecule has 3 aromatic rings. The van der Waals surface area contributed by atoms with E-state index in [0.717, 1.165) is 11.1 Å². The molecule has 0 fully saturated rings. The van der Waals surface area contributed by atoms with Gasteiger partial charge < -0.3 is 25.8 Å². The molecule has 2 aromatic heterocycles. The standard InChI is InChI=1S/C22H28N6O4/c1-22(2,23)20(29)25-17(14-31-12-15-7-5-4-6-8-15)19-27-26-18-10-9-16(11-28(18)19)13-32-21(30)24-3/h4-11,17H,12-14,23H2,1-3H3,(H,24,30)(H,25,29). The lowest BCUT2D eigenvalue weighted by Crippen LogP contribution is -2.50. The molecular formula is C22H28N6O4. The van der Waals surface area contributed by atoms with E-state index < -0.39 is 17.7 Å². The summed E-state index contributed by atoms with van der Waals surface area (Å²) in [5.74, 6) is 0.133. The first-order chi connectivity index (χ1) is 15.3. The number of rotatable bonds is 9. The Morgan fingerprint density at radius 3 is 2.53 bits per heavy atom. The van der Waals surface area contributed by atoms with Crippen molar-refractivity contribution in [3.8, 4) is 0 Å². The Balaban J connectivity index is 1.83. The Hall–Kier alpha value is -3.50. The van der Waals surface area contributed by atoms with Gasteiger partial charge in [-0.05, 0) is 25.5 Å². The van der Waals surface area contributed by atoms with Gasteiger partial charge in [-0.1, -0.05) is 36.4 Å². The fourth-order valence-corrected chi connectivity index (χ4v) is 2.89. The Labute approximate surface area is 186 Å². The number of hydrogen-bond donors (Lipinski definition) is 3. The van der Waals surface area contributed by atoms with Gasteiger partial charge in [0.1, 0.15) is 12.6 Å². The summed E-state index contributed by atoms with van der Waals surface area (Å²) in [6.45, 7) is 3.86. The van der Waals surface area contributed by atoms with E-state index in [-0.39, 0.29) is 19.1 Å². The number of carbonyl (C=O) groups excluding carboxylic acids is 2. The molecule has 170 valence electrons. The average molecular weight is 441 g/mol. The first-order valence-corrected chi connectivity index (χ1v) is 10.2. The van der Waals surface area contributed by atoms with Crippen LogP contribution in [0.4, 0.5) is 4.79 Å². The molecule has 10 nitrogen and oxygen atoms in total. The van der Waals surface area contributed by atoms with Crippen molar-refractivity contribution in [2.75, 3.05) is 13.7 Å². The maximum atomic E-state index is 12.6. The Bertz CT molecular complexity index is 1060. The van der Waals surface area contributed by atoms with Crippen molar-refractivity contribution in [3.63, 3.8) is 0 Å². The predicted octanol–water partition coefficient (Wildman–Crippen LogP) is 1.70. The molecule has 1 unspecified atom stereocenters. The topological polar surface area (TPSA) is 133 Å². The van der Waals surface area contributed by atoms with Crippen LogP contribution < -0.4 is 16.4 Å². The quantitative estimate of drug-likeness (QED) is 0.461. The summed E-state index contributed by atoms with van der Waals surface area (Å²) in [7, 11) is 1.49. The van der Waals surface area contributed by atoms with E-state index in [0.29, 0.717) is 18.1 Å². The maximum absolute atomic E-state index is 12.6. The molecule has 4 N–H and O–H groups in total. The number of nitrogens with two attached hydrogens (primary N) is 1. The number of carbonyl (C=O) groups is 2. The van der Waals surface area contributed by atoms with Crippen LogP contribution in [0.1, 0.15) is 36.8 Å². The number of aromatic nitrogens is 3. The number of ether oxygens (including phenoxy) is 2. The molecule has 0 bridgehead atoms. The first-order valence-electron chi connectivity index (χ1n) is 10.2. The maximum Gasteiger partial charge on any atom is 0.407 e. The van der Waals surface area contributed by atoms with Crippen molar-refractivity contribution in [1.29, 1.82) is 0 Å². The fourth-order valence-electron chi connectivity index (χ4n) is 2.89. The summed E-state index contributed by atoms with van der Waals surface area (Å²) < 4.78 is 12.7. The predicted molar refractivity (Wildman–Crippen MR) is 117 cm³/mol. The van der Waals surface area contributed by atoms with Gasteiger partial charge >= 0.3 is 6.09 Å². The molecule has 0 aliphatic rings. The van der Waals surface area contributed by atoms with Crippen molar-refractivity contribution in [3.05, 3.63) is 65.6 Å². The highest BCUT2D eigenvalue weighted by atomic mass is 16.5. The minimum Gasteiger partial charge on any atom is -0.445 e. The summed E-state index contributed by atoms with van der Waals surface area (Å²) in [6.07, 6.45) is 1.23. The lowest BCUT2D eigenvalue weighted by atomic mass is 10.1. The van der Waals surface area contributed by atoms with Crippen LogP contribution in [0, 0.1) is 0 Å². The average Bonchev–Trinajstić information content (AvgIpc) is 3.20. The summed E-state index contributed by atoms with van der Waals surface area (Å²) >= 11 is 0. The molecular weight excluding hydrogens is 412 g/mol. The number of alkyl carbamates (subject to hydrolysis) is 1. The van der Waals surface area contributed by atoms with Crippen LogP contribution in [-0.2, 0) is 27.5 Å². The molecule has 0 aliphatic carbocycles. The molecule has 0 spiro atoms. The number of hydrogen-bond acceptors (Lipinski definition) is 7. The van der Waals surface area contributed by atoms with Gasteiger partial charge in [0.15, 0.2) is 11.5 Å². The minimum absolute atomic E-state index is 0.0740. The van der Waals surface area contributed by atoms with Crippen molar-refractivity contribution in [2.24, 2.45) is 5.73 Å². The normalized spacial score (nSPS) is 12.4. The van der Waals surface area contributed by atoms with Crippen molar-refractivity contribution in [1.82, 2.24) is 25.2 Å². The number of pyridine rings is 1. The third-order valence-electron chi connectivity index (χ3n) is 4.66. The molecule has 0 radical (unpaired) electrons. The Kier molecular flexibility index (Phi) is 7.39. The monoisotopic (exact) mass is 440 g/mol. The lowest BCUT2D eigenvalue weighted by Gasteiger charge is -2.23. The fraction of sp³-hybridized carbons (Fsp3) is 0.364. The summed E-state index contributed by atoms with van der Waals surface area (Å²) in [5.41, 5.74) is 7.21. The van der Waals surface area contributed by atoms with Gasteiger partial charge in [-0.2, -0.15) is 0 Å². The zero-order valence-electron chi connectivity index (χ0n) is 18.4. The largest absolute Gasteiger partial charge is 0.445 e. The van der Waals surface area contributed by atoms with Crippen molar-refractivity contribution >= 4 is 17.6 Å². The lowest BCUT2D eigenvalue weighted by molar-refractivity contribution is -0.126. The molecule has 1 aromatic carbocycles. The van der Waals surface area contributed by atoms with E-state index in [1.165, 1.54) is 7.05 Å². The van der Waals surface area contributed by atoms with Gasteiger partial charge in [0.2, 0.25) is 5.91 Å². The van der Waals surface area contributed by atoms with E-state index in [1.54, 1.807) is 36.6 Å². The molecule has 0 saturated carbocycles. The molecule has 0 aliphatic heterocycles. The van der Waals surface area contributed by atoms with E-state index >= 15 is 0 Å². The summed E-state index contributed by atoms with van der Waals surface area (Å²) in [6, 6.07) is 12.7. The van der Waals surface area contributed by atoms with Crippen LogP contribution >= 0.6 is 0 Å².